The smallest absolute Gasteiger partial charge is 0.319 e. The Morgan fingerprint density at radius 2 is 1.89 bits per heavy atom. The summed E-state index contributed by atoms with van der Waals surface area (Å²) in [6.45, 7) is 3.98. The fourth-order valence-corrected chi connectivity index (χ4v) is 2.60. The number of rotatable bonds is 6. The van der Waals surface area contributed by atoms with Crippen molar-refractivity contribution in [3.05, 3.63) is 48.5 Å². The van der Waals surface area contributed by atoms with Crippen molar-refractivity contribution >= 4 is 17.4 Å². The summed E-state index contributed by atoms with van der Waals surface area (Å²) in [4.78, 5) is 18.6. The molecule has 3 rings (SSSR count). The molecule has 0 spiro atoms. The van der Waals surface area contributed by atoms with Gasteiger partial charge < -0.3 is 20.1 Å². The van der Waals surface area contributed by atoms with E-state index in [1.165, 1.54) is 0 Å². The zero-order valence-electron chi connectivity index (χ0n) is 16.6. The molecule has 0 saturated heterocycles. The van der Waals surface area contributed by atoms with E-state index in [0.717, 1.165) is 23.2 Å². The minimum Gasteiger partial charge on any atom is -0.378 e. The summed E-state index contributed by atoms with van der Waals surface area (Å²) in [5.41, 5.74) is 3.34. The Bertz CT molecular complexity index is 951. The zero-order valence-corrected chi connectivity index (χ0v) is 16.6. The summed E-state index contributed by atoms with van der Waals surface area (Å²) < 4.78 is 5.45. The van der Waals surface area contributed by atoms with E-state index in [9.17, 15) is 4.79 Å². The molecule has 3 aromatic rings. The molecule has 7 nitrogen and oxygen atoms in total. The lowest BCUT2D eigenvalue weighted by Gasteiger charge is -2.12. The van der Waals surface area contributed by atoms with Crippen LogP contribution in [0, 0.1) is 0 Å². The van der Waals surface area contributed by atoms with Gasteiger partial charge in [-0.15, -0.1) is 0 Å². The zero-order chi connectivity index (χ0) is 20.1. The monoisotopic (exact) mass is 379 g/mol. The summed E-state index contributed by atoms with van der Waals surface area (Å²) in [7, 11) is 3.96. The van der Waals surface area contributed by atoms with Crippen molar-refractivity contribution in [2.45, 2.75) is 26.3 Å². The van der Waals surface area contributed by atoms with Crippen LogP contribution in [0.25, 0.3) is 22.8 Å². The highest BCUT2D eigenvalue weighted by Crippen LogP contribution is 2.26. The second-order valence-corrected chi connectivity index (χ2v) is 6.86. The quantitative estimate of drug-likeness (QED) is 0.664. The molecular formula is C21H25N5O2. The summed E-state index contributed by atoms with van der Waals surface area (Å²) in [6, 6.07) is 15.1. The normalized spacial score (nSPS) is 11.7. The Hall–Kier alpha value is -3.35. The molecule has 0 fully saturated rings. The van der Waals surface area contributed by atoms with Gasteiger partial charge in [-0.3, -0.25) is 0 Å². The van der Waals surface area contributed by atoms with E-state index in [1.807, 2.05) is 81.4 Å². The molecule has 0 aliphatic carbocycles. The van der Waals surface area contributed by atoms with Gasteiger partial charge in [-0.1, -0.05) is 30.3 Å². The number of benzene rings is 2. The van der Waals surface area contributed by atoms with E-state index >= 15 is 0 Å². The van der Waals surface area contributed by atoms with Crippen LogP contribution in [0.2, 0.25) is 0 Å². The second kappa shape index (κ2) is 8.56. The number of amides is 2. The van der Waals surface area contributed by atoms with Gasteiger partial charge >= 0.3 is 6.03 Å². The maximum absolute atomic E-state index is 12.0. The van der Waals surface area contributed by atoms with Gasteiger partial charge in [0, 0.05) is 42.6 Å². The number of hydrogen-bond donors (Lipinski definition) is 2. The maximum Gasteiger partial charge on any atom is 0.319 e. The van der Waals surface area contributed by atoms with Crippen LogP contribution < -0.4 is 15.5 Å². The van der Waals surface area contributed by atoms with Crippen molar-refractivity contribution in [2.75, 3.05) is 24.3 Å². The van der Waals surface area contributed by atoms with E-state index in [2.05, 4.69) is 20.8 Å². The van der Waals surface area contributed by atoms with E-state index < -0.39 is 0 Å². The molecule has 1 unspecified atom stereocenters. The molecule has 2 amide bonds. The molecule has 2 aromatic carbocycles. The van der Waals surface area contributed by atoms with Gasteiger partial charge in [0.2, 0.25) is 5.82 Å². The topological polar surface area (TPSA) is 83.3 Å². The number of hydrogen-bond acceptors (Lipinski definition) is 5. The Morgan fingerprint density at radius 3 is 2.64 bits per heavy atom. The van der Waals surface area contributed by atoms with Crippen LogP contribution >= 0.6 is 0 Å². The average molecular weight is 379 g/mol. The van der Waals surface area contributed by atoms with Gasteiger partial charge in [0.25, 0.3) is 5.89 Å². The van der Waals surface area contributed by atoms with E-state index in [4.69, 9.17) is 4.52 Å². The summed E-state index contributed by atoms with van der Waals surface area (Å²) in [5.74, 6) is 0.919. The fraction of sp³-hybridized carbons (Fsp3) is 0.286. The van der Waals surface area contributed by atoms with Crippen molar-refractivity contribution in [3.63, 3.8) is 0 Å². The molecule has 0 bridgehead atoms. The lowest BCUT2D eigenvalue weighted by Crippen LogP contribution is -2.35. The van der Waals surface area contributed by atoms with Gasteiger partial charge in [0.15, 0.2) is 0 Å². The molecule has 0 saturated carbocycles. The number of nitrogens with one attached hydrogen (secondary N) is 2. The molecule has 2 N–H and O–H groups in total. The van der Waals surface area contributed by atoms with Crippen LogP contribution in [0.15, 0.2) is 53.1 Å². The number of aromatic nitrogens is 2. The van der Waals surface area contributed by atoms with Gasteiger partial charge in [-0.2, -0.15) is 4.98 Å². The predicted molar refractivity (Wildman–Crippen MR) is 111 cm³/mol. The number of anilines is 2. The first kappa shape index (κ1) is 19.4. The minimum atomic E-state index is -0.235. The fourth-order valence-electron chi connectivity index (χ4n) is 2.60. The molecule has 146 valence electrons. The van der Waals surface area contributed by atoms with Crippen LogP contribution in [0.1, 0.15) is 20.3 Å². The second-order valence-electron chi connectivity index (χ2n) is 6.86. The van der Waals surface area contributed by atoms with Gasteiger partial charge in [-0.05, 0) is 43.7 Å². The van der Waals surface area contributed by atoms with Crippen LogP contribution in [-0.4, -0.2) is 36.3 Å². The van der Waals surface area contributed by atoms with Gasteiger partial charge in [0.1, 0.15) is 0 Å². The Labute approximate surface area is 164 Å². The number of nitrogens with zero attached hydrogens (tertiary/aromatic N) is 3. The first-order valence-electron chi connectivity index (χ1n) is 9.25. The van der Waals surface area contributed by atoms with Crippen LogP contribution in [0.5, 0.6) is 0 Å². The van der Waals surface area contributed by atoms with Gasteiger partial charge in [0.05, 0.1) is 0 Å². The molecule has 1 aromatic heterocycles. The highest BCUT2D eigenvalue weighted by Gasteiger charge is 2.13. The number of carbonyl (C=O) groups is 1. The van der Waals surface area contributed by atoms with E-state index in [-0.39, 0.29) is 12.1 Å². The predicted octanol–water partition coefficient (Wildman–Crippen LogP) is 4.39. The first-order valence-corrected chi connectivity index (χ1v) is 9.25. The van der Waals surface area contributed by atoms with Gasteiger partial charge in [-0.25, -0.2) is 4.79 Å². The van der Waals surface area contributed by atoms with Crippen molar-refractivity contribution in [1.82, 2.24) is 15.5 Å². The summed E-state index contributed by atoms with van der Waals surface area (Å²) in [5, 5.41) is 9.80. The van der Waals surface area contributed by atoms with E-state index in [0.29, 0.717) is 17.4 Å². The van der Waals surface area contributed by atoms with Crippen molar-refractivity contribution < 1.29 is 9.32 Å². The highest BCUT2D eigenvalue weighted by molar-refractivity contribution is 5.90. The molecule has 28 heavy (non-hydrogen) atoms. The maximum atomic E-state index is 12.0. The van der Waals surface area contributed by atoms with Crippen LogP contribution in [-0.2, 0) is 0 Å². The molecule has 0 radical (unpaired) electrons. The van der Waals surface area contributed by atoms with Crippen molar-refractivity contribution in [3.8, 4) is 22.8 Å². The third kappa shape index (κ3) is 4.68. The van der Waals surface area contributed by atoms with Crippen molar-refractivity contribution in [2.24, 2.45) is 0 Å². The SMILES string of the molecule is CCC(C)NC(=O)Nc1cccc(-c2noc(-c3cccc(N(C)C)c3)n2)c1. The lowest BCUT2D eigenvalue weighted by atomic mass is 10.1. The van der Waals surface area contributed by atoms with Crippen LogP contribution in [0.3, 0.4) is 0 Å². The molecule has 0 aliphatic rings. The number of carbonyl (C=O) groups excluding carboxylic acids is 1. The van der Waals surface area contributed by atoms with Crippen molar-refractivity contribution in [1.29, 1.82) is 0 Å². The first-order chi connectivity index (χ1) is 13.5. The lowest BCUT2D eigenvalue weighted by molar-refractivity contribution is 0.249. The largest absolute Gasteiger partial charge is 0.378 e. The Morgan fingerprint density at radius 1 is 1.14 bits per heavy atom. The minimum absolute atomic E-state index is 0.112. The molecule has 0 aliphatic heterocycles. The number of urea groups is 1. The van der Waals surface area contributed by atoms with Crippen LogP contribution in [0.4, 0.5) is 16.2 Å². The summed E-state index contributed by atoms with van der Waals surface area (Å²) in [6.07, 6.45) is 0.869. The third-order valence-electron chi connectivity index (χ3n) is 4.40. The Kier molecular flexibility index (Phi) is 5.93. The molecule has 1 heterocycles. The molecular weight excluding hydrogens is 354 g/mol. The summed E-state index contributed by atoms with van der Waals surface area (Å²) >= 11 is 0. The highest BCUT2D eigenvalue weighted by atomic mass is 16.5. The molecule has 7 heteroatoms. The Balaban J connectivity index is 1.78. The average Bonchev–Trinajstić information content (AvgIpc) is 3.18. The molecule has 1 atom stereocenters. The third-order valence-corrected chi connectivity index (χ3v) is 4.40. The van der Waals surface area contributed by atoms with E-state index in [1.54, 1.807) is 0 Å². The standard InChI is InChI=1S/C21H25N5O2/c1-5-14(2)22-21(27)23-17-10-6-8-15(12-17)19-24-20(28-25-19)16-9-7-11-18(13-16)26(3)4/h6-14H,5H2,1-4H3,(H2,22,23,27).